The van der Waals surface area contributed by atoms with Gasteiger partial charge < -0.3 is 20.9 Å². The average Bonchev–Trinajstić information content (AvgIpc) is 3.25. The summed E-state index contributed by atoms with van der Waals surface area (Å²) >= 11 is 0. The van der Waals surface area contributed by atoms with Crippen molar-refractivity contribution >= 4 is 22.8 Å². The number of hydrogen-bond donors (Lipinski definition) is 4. The fraction of sp³-hybridized carbons (Fsp3) is 0.385. The highest BCUT2D eigenvalue weighted by atomic mass is 16.2. The summed E-state index contributed by atoms with van der Waals surface area (Å²) < 4.78 is 0. The Morgan fingerprint density at radius 1 is 0.938 bits per heavy atom. The number of H-pyrrole nitrogens is 1. The molecule has 1 atom stereocenters. The molecule has 3 amide bonds. The number of aromatic nitrogens is 1. The van der Waals surface area contributed by atoms with Crippen molar-refractivity contribution in [2.45, 2.75) is 50.5 Å². The zero-order valence-electron chi connectivity index (χ0n) is 18.4. The van der Waals surface area contributed by atoms with Crippen LogP contribution in [0.4, 0.5) is 4.79 Å². The fourth-order valence-electron chi connectivity index (χ4n) is 4.55. The number of urea groups is 1. The molecule has 0 bridgehead atoms. The van der Waals surface area contributed by atoms with E-state index in [4.69, 9.17) is 0 Å². The maximum atomic E-state index is 12.5. The highest BCUT2D eigenvalue weighted by Crippen LogP contribution is 2.30. The smallest absolute Gasteiger partial charge is 0.315 e. The molecule has 1 saturated carbocycles. The maximum absolute atomic E-state index is 12.5. The van der Waals surface area contributed by atoms with E-state index in [0.29, 0.717) is 13.1 Å². The number of nitrogens with one attached hydrogen (secondary N) is 4. The minimum atomic E-state index is -0.175. The summed E-state index contributed by atoms with van der Waals surface area (Å²) in [4.78, 5) is 27.9. The van der Waals surface area contributed by atoms with E-state index in [1.165, 1.54) is 19.3 Å². The highest BCUT2D eigenvalue weighted by Gasteiger charge is 2.19. The minimum Gasteiger partial charge on any atom is -0.361 e. The van der Waals surface area contributed by atoms with E-state index >= 15 is 0 Å². The predicted molar refractivity (Wildman–Crippen MR) is 128 cm³/mol. The number of hydrogen-bond acceptors (Lipinski definition) is 2. The monoisotopic (exact) mass is 432 g/mol. The van der Waals surface area contributed by atoms with Gasteiger partial charge >= 0.3 is 6.03 Å². The highest BCUT2D eigenvalue weighted by molar-refractivity contribution is 5.84. The van der Waals surface area contributed by atoms with E-state index in [9.17, 15) is 9.59 Å². The molecule has 1 fully saturated rings. The first-order chi connectivity index (χ1) is 15.7. The maximum Gasteiger partial charge on any atom is 0.315 e. The van der Waals surface area contributed by atoms with Gasteiger partial charge in [0.25, 0.3) is 0 Å². The standard InChI is InChI=1S/C26H32N4O2/c31-25(15-16-27-26(32)30-20-11-5-2-6-12-20)29-17-22(19-9-3-1-4-10-19)23-18-28-24-14-8-7-13-21(23)24/h1,3-4,7-10,13-14,18,20,22,28H,2,5-6,11-12,15-17H2,(H,29,31)(H2,27,30,32)/t22-/m0/s1. The number of carbonyl (C=O) groups excluding carboxylic acids is 2. The predicted octanol–water partition coefficient (Wildman–Crippen LogP) is 4.44. The number of carbonyl (C=O) groups is 2. The SMILES string of the molecule is O=C(CCNC(=O)NC1CCCCC1)NC[C@@H](c1ccccc1)c1c[nH]c2ccccc12. The zero-order chi connectivity index (χ0) is 22.2. The molecule has 1 aliphatic carbocycles. The van der Waals surface area contributed by atoms with Crippen molar-refractivity contribution in [2.24, 2.45) is 0 Å². The van der Waals surface area contributed by atoms with Gasteiger partial charge in [-0.15, -0.1) is 0 Å². The van der Waals surface area contributed by atoms with E-state index in [0.717, 1.165) is 34.9 Å². The number of amides is 3. The molecular weight excluding hydrogens is 400 g/mol. The number of rotatable bonds is 8. The lowest BCUT2D eigenvalue weighted by atomic mass is 9.91. The van der Waals surface area contributed by atoms with E-state index in [1.807, 2.05) is 36.5 Å². The quantitative estimate of drug-likeness (QED) is 0.424. The number of aromatic amines is 1. The normalized spacial score (nSPS) is 15.2. The molecule has 0 saturated heterocycles. The van der Waals surface area contributed by atoms with Crippen molar-refractivity contribution in [2.75, 3.05) is 13.1 Å². The summed E-state index contributed by atoms with van der Waals surface area (Å²) in [5.74, 6) is -0.0254. The molecule has 0 unspecified atom stereocenters. The van der Waals surface area contributed by atoms with Crippen LogP contribution in [0.3, 0.4) is 0 Å². The largest absolute Gasteiger partial charge is 0.361 e. The van der Waals surface area contributed by atoms with Crippen LogP contribution >= 0.6 is 0 Å². The van der Waals surface area contributed by atoms with Crippen LogP contribution in [0.15, 0.2) is 60.8 Å². The average molecular weight is 433 g/mol. The molecular formula is C26H32N4O2. The van der Waals surface area contributed by atoms with Crippen LogP contribution in [-0.4, -0.2) is 36.1 Å². The Kier molecular flexibility index (Phi) is 7.43. The molecule has 3 aromatic rings. The topological polar surface area (TPSA) is 86.0 Å². The second kappa shape index (κ2) is 10.8. The van der Waals surface area contributed by atoms with Crippen molar-refractivity contribution in [3.8, 4) is 0 Å². The molecule has 6 nitrogen and oxygen atoms in total. The van der Waals surface area contributed by atoms with Gasteiger partial charge in [-0.3, -0.25) is 4.79 Å². The summed E-state index contributed by atoms with van der Waals surface area (Å²) in [5, 5.41) is 10.1. The Balaban J connectivity index is 1.31. The van der Waals surface area contributed by atoms with Gasteiger partial charge in [-0.25, -0.2) is 4.79 Å². The Morgan fingerprint density at radius 3 is 2.50 bits per heavy atom. The van der Waals surface area contributed by atoms with Crippen molar-refractivity contribution in [1.29, 1.82) is 0 Å². The molecule has 4 N–H and O–H groups in total. The second-order valence-electron chi connectivity index (χ2n) is 8.54. The molecule has 168 valence electrons. The van der Waals surface area contributed by atoms with E-state index in [1.54, 1.807) is 0 Å². The van der Waals surface area contributed by atoms with Gasteiger partial charge in [0, 0.05) is 48.6 Å². The van der Waals surface area contributed by atoms with Crippen molar-refractivity contribution < 1.29 is 9.59 Å². The van der Waals surface area contributed by atoms with Gasteiger partial charge in [0.15, 0.2) is 0 Å². The first kappa shape index (κ1) is 21.9. The van der Waals surface area contributed by atoms with E-state index < -0.39 is 0 Å². The van der Waals surface area contributed by atoms with Crippen LogP contribution < -0.4 is 16.0 Å². The summed E-state index contributed by atoms with van der Waals surface area (Å²) in [6.45, 7) is 0.826. The van der Waals surface area contributed by atoms with Gasteiger partial charge in [0.2, 0.25) is 5.91 Å². The van der Waals surface area contributed by atoms with Crippen LogP contribution in [-0.2, 0) is 4.79 Å². The van der Waals surface area contributed by atoms with Gasteiger partial charge in [-0.1, -0.05) is 67.8 Å². The number of benzene rings is 2. The summed E-state index contributed by atoms with van der Waals surface area (Å²) in [6.07, 6.45) is 7.98. The molecule has 1 aromatic heterocycles. The van der Waals surface area contributed by atoms with Crippen LogP contribution in [0, 0.1) is 0 Å². The number of fused-ring (bicyclic) bond motifs is 1. The van der Waals surface area contributed by atoms with Crippen molar-refractivity contribution in [3.05, 3.63) is 71.9 Å². The van der Waals surface area contributed by atoms with Gasteiger partial charge in [0.05, 0.1) is 0 Å². The zero-order valence-corrected chi connectivity index (χ0v) is 18.4. The Labute approximate surface area is 189 Å². The Hall–Kier alpha value is -3.28. The molecule has 0 spiro atoms. The van der Waals surface area contributed by atoms with Gasteiger partial charge in [-0.05, 0) is 30.0 Å². The molecule has 4 rings (SSSR count). The van der Waals surface area contributed by atoms with Crippen molar-refractivity contribution in [1.82, 2.24) is 20.9 Å². The van der Waals surface area contributed by atoms with Crippen molar-refractivity contribution in [3.63, 3.8) is 0 Å². The lowest BCUT2D eigenvalue weighted by molar-refractivity contribution is -0.120. The third-order valence-corrected chi connectivity index (χ3v) is 6.28. The number of para-hydroxylation sites is 1. The first-order valence-corrected chi connectivity index (χ1v) is 11.6. The minimum absolute atomic E-state index is 0.0406. The van der Waals surface area contributed by atoms with Crippen LogP contribution in [0.25, 0.3) is 10.9 Å². The van der Waals surface area contributed by atoms with Gasteiger partial charge in [-0.2, -0.15) is 0 Å². The lowest BCUT2D eigenvalue weighted by Crippen LogP contribution is -2.44. The third kappa shape index (κ3) is 5.69. The summed E-state index contributed by atoms with van der Waals surface area (Å²) in [7, 11) is 0. The molecule has 1 aliphatic rings. The van der Waals surface area contributed by atoms with Crippen LogP contribution in [0.1, 0.15) is 55.6 Å². The Morgan fingerprint density at radius 2 is 1.69 bits per heavy atom. The van der Waals surface area contributed by atoms with E-state index in [-0.39, 0.29) is 30.3 Å². The Bertz CT molecular complexity index is 1020. The molecule has 6 heteroatoms. The molecule has 1 heterocycles. The van der Waals surface area contributed by atoms with Gasteiger partial charge in [0.1, 0.15) is 0 Å². The molecule has 0 aliphatic heterocycles. The lowest BCUT2D eigenvalue weighted by Gasteiger charge is -2.22. The molecule has 2 aromatic carbocycles. The summed E-state index contributed by atoms with van der Waals surface area (Å²) in [5.41, 5.74) is 3.41. The molecule has 0 radical (unpaired) electrons. The van der Waals surface area contributed by atoms with Crippen LogP contribution in [0.2, 0.25) is 0 Å². The second-order valence-corrected chi connectivity index (χ2v) is 8.54. The first-order valence-electron chi connectivity index (χ1n) is 11.6. The third-order valence-electron chi connectivity index (χ3n) is 6.28. The fourth-order valence-corrected chi connectivity index (χ4v) is 4.55. The summed E-state index contributed by atoms with van der Waals surface area (Å²) in [6, 6.07) is 18.5. The molecule has 32 heavy (non-hydrogen) atoms. The van der Waals surface area contributed by atoms with Crippen LogP contribution in [0.5, 0.6) is 0 Å². The van der Waals surface area contributed by atoms with E-state index in [2.05, 4.69) is 45.2 Å².